The Bertz CT molecular complexity index is 443. The molecular formula is C10H9ClF3NO2S. The fraction of sp³-hybridized carbons (Fsp3) is 0.500. The van der Waals surface area contributed by atoms with E-state index in [0.717, 1.165) is 11.3 Å². The van der Waals surface area contributed by atoms with E-state index >= 15 is 0 Å². The highest BCUT2D eigenvalue weighted by Crippen LogP contribution is 2.25. The number of likely N-dealkylation sites (tertiary alicyclic amines) is 1. The molecule has 1 aromatic rings. The molecule has 0 aliphatic carbocycles. The molecule has 8 heteroatoms. The van der Waals surface area contributed by atoms with E-state index in [1.807, 2.05) is 0 Å². The van der Waals surface area contributed by atoms with E-state index < -0.39 is 18.9 Å². The van der Waals surface area contributed by atoms with Crippen LogP contribution in [0.4, 0.5) is 13.2 Å². The first-order valence-corrected chi connectivity index (χ1v) is 6.27. The summed E-state index contributed by atoms with van der Waals surface area (Å²) in [6, 6.07) is 3.20. The number of amides is 1. The second kappa shape index (κ2) is 5.07. The quantitative estimate of drug-likeness (QED) is 0.859. The van der Waals surface area contributed by atoms with E-state index in [9.17, 15) is 18.0 Å². The van der Waals surface area contributed by atoms with Crippen LogP contribution < -0.4 is 0 Å². The third-order valence-corrected chi connectivity index (χ3v) is 3.62. The molecule has 1 aliphatic rings. The van der Waals surface area contributed by atoms with Crippen LogP contribution >= 0.6 is 22.9 Å². The maximum Gasteiger partial charge on any atom is 0.411 e. The standard InChI is InChI=1S/C10H9ClF3NO2S/c11-8-2-1-7(18-8)9(16)15-3-6(4-15)17-5-10(12,13)14/h1-2,6H,3-5H2. The number of hydrogen-bond acceptors (Lipinski definition) is 3. The second-order valence-electron chi connectivity index (χ2n) is 3.86. The van der Waals surface area contributed by atoms with Gasteiger partial charge in [-0.25, -0.2) is 0 Å². The molecule has 0 unspecified atom stereocenters. The summed E-state index contributed by atoms with van der Waals surface area (Å²) in [5, 5.41) is 0. The average molecular weight is 300 g/mol. The molecule has 1 aromatic heterocycles. The molecule has 0 spiro atoms. The maximum absolute atomic E-state index is 11.9. The minimum absolute atomic E-state index is 0.185. The number of halogens is 4. The summed E-state index contributed by atoms with van der Waals surface area (Å²) in [5.74, 6) is -0.223. The van der Waals surface area contributed by atoms with Gasteiger partial charge in [0, 0.05) is 13.1 Å². The predicted molar refractivity (Wildman–Crippen MR) is 61.0 cm³/mol. The summed E-state index contributed by atoms with van der Waals surface area (Å²) >= 11 is 6.84. The maximum atomic E-state index is 11.9. The molecule has 0 aromatic carbocycles. The van der Waals surface area contributed by atoms with Gasteiger partial charge in [-0.1, -0.05) is 11.6 Å². The molecule has 0 saturated carbocycles. The smallest absolute Gasteiger partial charge is 0.365 e. The summed E-state index contributed by atoms with van der Waals surface area (Å²) < 4.78 is 40.8. The molecule has 0 atom stereocenters. The van der Waals surface area contributed by atoms with Crippen molar-refractivity contribution in [3.63, 3.8) is 0 Å². The summed E-state index contributed by atoms with van der Waals surface area (Å²) in [5.41, 5.74) is 0. The lowest BCUT2D eigenvalue weighted by Crippen LogP contribution is -2.55. The van der Waals surface area contributed by atoms with Crippen molar-refractivity contribution in [1.82, 2.24) is 4.90 Å². The van der Waals surface area contributed by atoms with Gasteiger partial charge in [-0.3, -0.25) is 4.79 Å². The van der Waals surface area contributed by atoms with Gasteiger partial charge in [-0.05, 0) is 12.1 Å². The predicted octanol–water partition coefficient (Wildman–Crippen LogP) is 2.80. The second-order valence-corrected chi connectivity index (χ2v) is 5.58. The van der Waals surface area contributed by atoms with E-state index in [4.69, 9.17) is 11.6 Å². The fourth-order valence-corrected chi connectivity index (χ4v) is 2.52. The van der Waals surface area contributed by atoms with Crippen molar-refractivity contribution in [3.05, 3.63) is 21.3 Å². The summed E-state index contributed by atoms with van der Waals surface area (Å²) in [7, 11) is 0. The third-order valence-electron chi connectivity index (χ3n) is 2.40. The Balaban J connectivity index is 1.77. The van der Waals surface area contributed by atoms with Crippen molar-refractivity contribution in [3.8, 4) is 0 Å². The molecule has 1 amide bonds. The first-order valence-electron chi connectivity index (χ1n) is 5.08. The Morgan fingerprint density at radius 2 is 2.17 bits per heavy atom. The molecule has 18 heavy (non-hydrogen) atoms. The Morgan fingerprint density at radius 3 is 2.67 bits per heavy atom. The highest BCUT2D eigenvalue weighted by atomic mass is 35.5. The van der Waals surface area contributed by atoms with Gasteiger partial charge in [0.1, 0.15) is 6.61 Å². The zero-order valence-electron chi connectivity index (χ0n) is 9.04. The molecule has 1 fully saturated rings. The van der Waals surface area contributed by atoms with Crippen molar-refractivity contribution in [2.24, 2.45) is 0 Å². The normalized spacial score (nSPS) is 16.8. The van der Waals surface area contributed by atoms with E-state index in [-0.39, 0.29) is 19.0 Å². The average Bonchev–Trinajstić information content (AvgIpc) is 2.60. The summed E-state index contributed by atoms with van der Waals surface area (Å²) in [6.45, 7) is -0.903. The Morgan fingerprint density at radius 1 is 1.50 bits per heavy atom. The number of ether oxygens (including phenoxy) is 1. The zero-order chi connectivity index (χ0) is 13.3. The van der Waals surface area contributed by atoms with Crippen LogP contribution in [-0.4, -0.2) is 42.8 Å². The lowest BCUT2D eigenvalue weighted by molar-refractivity contribution is -0.196. The Hall–Kier alpha value is -0.790. The van der Waals surface area contributed by atoms with Crippen molar-refractivity contribution in [2.75, 3.05) is 19.7 Å². The molecule has 1 saturated heterocycles. The number of rotatable bonds is 3. The van der Waals surface area contributed by atoms with Crippen molar-refractivity contribution in [1.29, 1.82) is 0 Å². The lowest BCUT2D eigenvalue weighted by atomic mass is 10.1. The minimum atomic E-state index is -4.33. The van der Waals surface area contributed by atoms with Gasteiger partial charge < -0.3 is 9.64 Å². The van der Waals surface area contributed by atoms with Crippen molar-refractivity contribution >= 4 is 28.8 Å². The van der Waals surface area contributed by atoms with Crippen molar-refractivity contribution in [2.45, 2.75) is 12.3 Å². The van der Waals surface area contributed by atoms with Crippen LogP contribution in [0.2, 0.25) is 4.34 Å². The van der Waals surface area contributed by atoms with Crippen LogP contribution in [0.1, 0.15) is 9.67 Å². The van der Waals surface area contributed by atoms with Gasteiger partial charge in [0.2, 0.25) is 0 Å². The molecular weight excluding hydrogens is 291 g/mol. The van der Waals surface area contributed by atoms with E-state index in [1.165, 1.54) is 4.90 Å². The minimum Gasteiger partial charge on any atom is -0.365 e. The lowest BCUT2D eigenvalue weighted by Gasteiger charge is -2.38. The number of hydrogen-bond donors (Lipinski definition) is 0. The Kier molecular flexibility index (Phi) is 3.84. The van der Waals surface area contributed by atoms with Gasteiger partial charge in [0.05, 0.1) is 15.3 Å². The largest absolute Gasteiger partial charge is 0.411 e. The molecule has 2 rings (SSSR count). The van der Waals surface area contributed by atoms with Gasteiger partial charge >= 0.3 is 6.18 Å². The van der Waals surface area contributed by atoms with Crippen molar-refractivity contribution < 1.29 is 22.7 Å². The first-order chi connectivity index (χ1) is 8.35. The van der Waals surface area contributed by atoms with Gasteiger partial charge in [-0.15, -0.1) is 11.3 Å². The van der Waals surface area contributed by atoms with Gasteiger partial charge in [0.15, 0.2) is 0 Å². The summed E-state index contributed by atoms with van der Waals surface area (Å²) in [6.07, 6.45) is -4.86. The van der Waals surface area contributed by atoms with E-state index in [0.29, 0.717) is 9.21 Å². The van der Waals surface area contributed by atoms with E-state index in [1.54, 1.807) is 12.1 Å². The highest BCUT2D eigenvalue weighted by Gasteiger charge is 2.36. The molecule has 3 nitrogen and oxygen atoms in total. The fourth-order valence-electron chi connectivity index (χ4n) is 1.51. The molecule has 0 bridgehead atoms. The van der Waals surface area contributed by atoms with E-state index in [2.05, 4.69) is 4.74 Å². The first kappa shape index (κ1) is 13.6. The van der Waals surface area contributed by atoms with Crippen LogP contribution in [0.25, 0.3) is 0 Å². The number of nitrogens with zero attached hydrogens (tertiary/aromatic N) is 1. The SMILES string of the molecule is O=C(c1ccc(Cl)s1)N1CC(OCC(F)(F)F)C1. The highest BCUT2D eigenvalue weighted by molar-refractivity contribution is 7.17. The van der Waals surface area contributed by atoms with Crippen LogP contribution in [0.15, 0.2) is 12.1 Å². The monoisotopic (exact) mass is 299 g/mol. The van der Waals surface area contributed by atoms with Gasteiger partial charge in [-0.2, -0.15) is 13.2 Å². The number of thiophene rings is 1. The third kappa shape index (κ3) is 3.37. The number of carbonyl (C=O) groups is 1. The zero-order valence-corrected chi connectivity index (χ0v) is 10.6. The molecule has 100 valence electrons. The topological polar surface area (TPSA) is 29.5 Å². The van der Waals surface area contributed by atoms with Crippen LogP contribution in [0, 0.1) is 0 Å². The van der Waals surface area contributed by atoms with Crippen LogP contribution in [0.3, 0.4) is 0 Å². The van der Waals surface area contributed by atoms with Gasteiger partial charge in [0.25, 0.3) is 5.91 Å². The number of carbonyl (C=O) groups excluding carboxylic acids is 1. The summed E-state index contributed by atoms with van der Waals surface area (Å²) in [4.78, 5) is 13.7. The molecule has 0 radical (unpaired) electrons. The number of alkyl halides is 3. The molecule has 0 N–H and O–H groups in total. The Labute approximate surface area is 110 Å². The molecule has 2 heterocycles. The molecule has 1 aliphatic heterocycles. The van der Waals surface area contributed by atoms with Crippen LogP contribution in [0.5, 0.6) is 0 Å². The van der Waals surface area contributed by atoms with Crippen LogP contribution in [-0.2, 0) is 4.74 Å².